The second kappa shape index (κ2) is 5.37. The summed E-state index contributed by atoms with van der Waals surface area (Å²) in [6, 6.07) is 5.42. The fourth-order valence-electron chi connectivity index (χ4n) is 1.98. The average Bonchev–Trinajstić information content (AvgIpc) is 2.37. The van der Waals surface area contributed by atoms with E-state index in [9.17, 15) is 9.90 Å². The van der Waals surface area contributed by atoms with Crippen LogP contribution in [0.4, 0.5) is 5.69 Å². The van der Waals surface area contributed by atoms with E-state index >= 15 is 0 Å². The van der Waals surface area contributed by atoms with Gasteiger partial charge in [0.25, 0.3) is 5.91 Å². The minimum absolute atomic E-state index is 0.0117. The fraction of sp³-hybridized carbons (Fsp3) is 0.462. The summed E-state index contributed by atoms with van der Waals surface area (Å²) < 4.78 is 5.48. The van der Waals surface area contributed by atoms with Crippen LogP contribution in [-0.4, -0.2) is 30.3 Å². The van der Waals surface area contributed by atoms with Gasteiger partial charge in [0.1, 0.15) is 5.75 Å². The van der Waals surface area contributed by atoms with Gasteiger partial charge in [-0.15, -0.1) is 0 Å². The summed E-state index contributed by atoms with van der Waals surface area (Å²) >= 11 is 0. The zero-order valence-electron chi connectivity index (χ0n) is 10.6. The third kappa shape index (κ3) is 2.47. The Kier molecular flexibility index (Phi) is 3.84. The summed E-state index contributed by atoms with van der Waals surface area (Å²) in [4.78, 5) is 11.5. The topological polar surface area (TPSA) is 70.6 Å². The average molecular weight is 250 g/mol. The molecule has 0 aromatic heterocycles. The van der Waals surface area contributed by atoms with Gasteiger partial charge in [-0.25, -0.2) is 0 Å². The molecule has 1 heterocycles. The van der Waals surface area contributed by atoms with E-state index in [2.05, 4.69) is 10.6 Å². The summed E-state index contributed by atoms with van der Waals surface area (Å²) in [7, 11) is 0. The van der Waals surface area contributed by atoms with Gasteiger partial charge < -0.3 is 20.5 Å². The maximum absolute atomic E-state index is 11.5. The van der Waals surface area contributed by atoms with Gasteiger partial charge in [0.2, 0.25) is 0 Å². The molecule has 1 aromatic carbocycles. The third-order valence-electron chi connectivity index (χ3n) is 2.97. The second-order valence-corrected chi connectivity index (χ2v) is 4.30. The van der Waals surface area contributed by atoms with Crippen molar-refractivity contribution in [2.45, 2.75) is 26.0 Å². The third-order valence-corrected chi connectivity index (χ3v) is 2.97. The Morgan fingerprint density at radius 1 is 1.56 bits per heavy atom. The molecule has 1 aromatic rings. The Hall–Kier alpha value is -1.59. The van der Waals surface area contributed by atoms with Crippen LogP contribution in [0.1, 0.15) is 25.5 Å². The van der Waals surface area contributed by atoms with Crippen LogP contribution >= 0.6 is 0 Å². The van der Waals surface area contributed by atoms with Gasteiger partial charge in [0.05, 0.1) is 18.3 Å². The molecule has 1 amide bonds. The zero-order valence-corrected chi connectivity index (χ0v) is 10.6. The number of rotatable bonds is 4. The number of hydrogen-bond donors (Lipinski definition) is 3. The van der Waals surface area contributed by atoms with Crippen LogP contribution in [0.3, 0.4) is 0 Å². The van der Waals surface area contributed by atoms with Crippen LogP contribution in [0.2, 0.25) is 0 Å². The lowest BCUT2D eigenvalue weighted by molar-refractivity contribution is -0.122. The Balaban J connectivity index is 2.26. The molecule has 0 spiro atoms. The van der Waals surface area contributed by atoms with E-state index in [0.29, 0.717) is 11.4 Å². The highest BCUT2D eigenvalue weighted by atomic mass is 16.5. The Labute approximate surface area is 106 Å². The van der Waals surface area contributed by atoms with Crippen LogP contribution < -0.4 is 15.4 Å². The van der Waals surface area contributed by atoms with Gasteiger partial charge in [-0.05, 0) is 31.2 Å². The Morgan fingerprint density at radius 2 is 2.33 bits per heavy atom. The van der Waals surface area contributed by atoms with Crippen LogP contribution in [0, 0.1) is 0 Å². The predicted molar refractivity (Wildman–Crippen MR) is 68.7 cm³/mol. The molecule has 2 rings (SSSR count). The molecule has 1 aliphatic rings. The number of anilines is 1. The number of nitrogens with one attached hydrogen (secondary N) is 2. The van der Waals surface area contributed by atoms with Gasteiger partial charge >= 0.3 is 0 Å². The first-order valence-corrected chi connectivity index (χ1v) is 6.11. The largest absolute Gasteiger partial charge is 0.479 e. The minimum Gasteiger partial charge on any atom is -0.479 e. The molecule has 0 bridgehead atoms. The van der Waals surface area contributed by atoms with E-state index in [4.69, 9.17) is 4.74 Å². The van der Waals surface area contributed by atoms with E-state index < -0.39 is 6.10 Å². The highest BCUT2D eigenvalue weighted by molar-refractivity contribution is 5.97. The molecule has 3 N–H and O–H groups in total. The SMILES string of the molecule is CCNC(CO)c1ccc2c(c1)NC(=O)C(C)O2. The molecule has 18 heavy (non-hydrogen) atoms. The van der Waals surface area contributed by atoms with Crippen molar-refractivity contribution < 1.29 is 14.6 Å². The second-order valence-electron chi connectivity index (χ2n) is 4.30. The van der Waals surface area contributed by atoms with Gasteiger partial charge in [-0.2, -0.15) is 0 Å². The minimum atomic E-state index is -0.467. The van der Waals surface area contributed by atoms with Gasteiger partial charge in [-0.1, -0.05) is 13.0 Å². The number of carbonyl (C=O) groups excluding carboxylic acids is 1. The van der Waals surface area contributed by atoms with E-state index in [-0.39, 0.29) is 18.6 Å². The highest BCUT2D eigenvalue weighted by Crippen LogP contribution is 2.32. The van der Waals surface area contributed by atoms with Crippen LogP contribution in [0.15, 0.2) is 18.2 Å². The van der Waals surface area contributed by atoms with Gasteiger partial charge in [0.15, 0.2) is 6.10 Å². The molecule has 1 aliphatic heterocycles. The zero-order chi connectivity index (χ0) is 13.1. The number of aliphatic hydroxyl groups is 1. The molecule has 0 saturated heterocycles. The first-order chi connectivity index (χ1) is 8.65. The normalized spacial score (nSPS) is 19.7. The maximum Gasteiger partial charge on any atom is 0.265 e. The maximum atomic E-state index is 11.5. The monoisotopic (exact) mass is 250 g/mol. The van der Waals surface area contributed by atoms with Crippen molar-refractivity contribution in [2.75, 3.05) is 18.5 Å². The van der Waals surface area contributed by atoms with Crippen molar-refractivity contribution in [1.82, 2.24) is 5.32 Å². The first kappa shape index (κ1) is 12.9. The number of carbonyl (C=O) groups is 1. The molecule has 5 nitrogen and oxygen atoms in total. The van der Waals surface area contributed by atoms with Crippen molar-refractivity contribution in [3.8, 4) is 5.75 Å². The Morgan fingerprint density at radius 3 is 3.00 bits per heavy atom. The number of ether oxygens (including phenoxy) is 1. The molecule has 2 unspecified atom stereocenters. The van der Waals surface area contributed by atoms with Crippen molar-refractivity contribution in [1.29, 1.82) is 0 Å². The van der Waals surface area contributed by atoms with Crippen LogP contribution in [0.5, 0.6) is 5.75 Å². The van der Waals surface area contributed by atoms with E-state index in [1.807, 2.05) is 25.1 Å². The van der Waals surface area contributed by atoms with E-state index in [1.54, 1.807) is 6.92 Å². The lowest BCUT2D eigenvalue weighted by Gasteiger charge is -2.25. The molecule has 0 aliphatic carbocycles. The highest BCUT2D eigenvalue weighted by Gasteiger charge is 2.24. The van der Waals surface area contributed by atoms with E-state index in [1.165, 1.54) is 0 Å². The molecule has 0 saturated carbocycles. The van der Waals surface area contributed by atoms with Crippen molar-refractivity contribution in [3.05, 3.63) is 23.8 Å². The number of hydrogen-bond acceptors (Lipinski definition) is 4. The lowest BCUT2D eigenvalue weighted by Crippen LogP contribution is -2.34. The molecule has 98 valence electrons. The summed E-state index contributed by atoms with van der Waals surface area (Å²) in [5.74, 6) is 0.516. The van der Waals surface area contributed by atoms with Crippen molar-refractivity contribution in [2.24, 2.45) is 0 Å². The predicted octanol–water partition coefficient (Wildman–Crippen LogP) is 1.05. The van der Waals surface area contributed by atoms with Crippen LogP contribution in [-0.2, 0) is 4.79 Å². The van der Waals surface area contributed by atoms with E-state index in [0.717, 1.165) is 12.1 Å². The number of fused-ring (bicyclic) bond motifs is 1. The summed E-state index contributed by atoms with van der Waals surface area (Å²) in [6.45, 7) is 4.47. The van der Waals surface area contributed by atoms with Crippen molar-refractivity contribution in [3.63, 3.8) is 0 Å². The molecule has 0 radical (unpaired) electrons. The van der Waals surface area contributed by atoms with Gasteiger partial charge in [0, 0.05) is 0 Å². The molecule has 5 heteroatoms. The number of likely N-dealkylation sites (N-methyl/N-ethyl adjacent to an activating group) is 1. The van der Waals surface area contributed by atoms with Crippen molar-refractivity contribution >= 4 is 11.6 Å². The number of amides is 1. The first-order valence-electron chi connectivity index (χ1n) is 6.11. The van der Waals surface area contributed by atoms with Gasteiger partial charge in [-0.3, -0.25) is 4.79 Å². The number of aliphatic hydroxyl groups excluding tert-OH is 1. The molecular formula is C13H18N2O3. The fourth-order valence-corrected chi connectivity index (χ4v) is 1.98. The summed E-state index contributed by atoms with van der Waals surface area (Å²) in [5, 5.41) is 15.3. The number of benzene rings is 1. The smallest absolute Gasteiger partial charge is 0.265 e. The molecule has 2 atom stereocenters. The quantitative estimate of drug-likeness (QED) is 0.747. The summed E-state index contributed by atoms with van der Waals surface area (Å²) in [6.07, 6.45) is -0.467. The lowest BCUT2D eigenvalue weighted by atomic mass is 10.1. The summed E-state index contributed by atoms with van der Waals surface area (Å²) in [5.41, 5.74) is 1.59. The standard InChI is InChI=1S/C13H18N2O3/c1-3-14-11(7-16)9-4-5-12-10(6-9)15-13(17)8(2)18-12/h4-6,8,11,14,16H,3,7H2,1-2H3,(H,15,17). The molecular weight excluding hydrogens is 232 g/mol. The Bertz CT molecular complexity index is 448. The van der Waals surface area contributed by atoms with Crippen LogP contribution in [0.25, 0.3) is 0 Å². The molecule has 0 fully saturated rings.